The average Bonchev–Trinajstić information content (AvgIpc) is 2.64. The number of nitriles is 1. The smallest absolute Gasteiger partial charge is 0.337 e. The molecule has 25 heavy (non-hydrogen) atoms. The predicted octanol–water partition coefficient (Wildman–Crippen LogP) is 2.66. The van der Waals surface area contributed by atoms with E-state index in [4.69, 9.17) is 9.47 Å². The normalized spacial score (nSPS) is 15.8. The number of benzene rings is 2. The Balaban J connectivity index is 2.05. The standard InChI is InChI=1S/C19H16N2O4/c1-12-18(22)21(11-15-6-4-3-5-14(15)10-20)16-9-13(19(23)24-2)7-8-17(16)25-12/h3-9,12H,11H2,1-2H3. The van der Waals surface area contributed by atoms with E-state index in [0.717, 1.165) is 5.56 Å². The highest BCUT2D eigenvalue weighted by molar-refractivity contribution is 6.01. The summed E-state index contributed by atoms with van der Waals surface area (Å²) in [6.45, 7) is 1.89. The van der Waals surface area contributed by atoms with Crippen molar-refractivity contribution in [3.8, 4) is 11.8 Å². The molecule has 0 bridgehead atoms. The van der Waals surface area contributed by atoms with Crippen LogP contribution < -0.4 is 9.64 Å². The van der Waals surface area contributed by atoms with Crippen molar-refractivity contribution in [1.29, 1.82) is 5.26 Å². The highest BCUT2D eigenvalue weighted by Crippen LogP contribution is 2.36. The van der Waals surface area contributed by atoms with Crippen molar-refractivity contribution in [1.82, 2.24) is 0 Å². The Kier molecular flexibility index (Phi) is 4.40. The third-order valence-electron chi connectivity index (χ3n) is 4.05. The minimum atomic E-state index is -0.647. The molecular weight excluding hydrogens is 320 g/mol. The summed E-state index contributed by atoms with van der Waals surface area (Å²) in [5.41, 5.74) is 2.03. The Hall–Kier alpha value is -3.33. The van der Waals surface area contributed by atoms with Crippen molar-refractivity contribution in [3.63, 3.8) is 0 Å². The Morgan fingerprint density at radius 2 is 2.08 bits per heavy atom. The van der Waals surface area contributed by atoms with E-state index < -0.39 is 12.1 Å². The van der Waals surface area contributed by atoms with Crippen LogP contribution in [-0.4, -0.2) is 25.1 Å². The van der Waals surface area contributed by atoms with Gasteiger partial charge in [-0.25, -0.2) is 4.79 Å². The van der Waals surface area contributed by atoms with Crippen LogP contribution in [0.25, 0.3) is 0 Å². The highest BCUT2D eigenvalue weighted by Gasteiger charge is 2.32. The number of anilines is 1. The Bertz CT molecular complexity index is 885. The molecule has 2 aromatic carbocycles. The zero-order valence-electron chi connectivity index (χ0n) is 13.9. The fraction of sp³-hybridized carbons (Fsp3) is 0.211. The summed E-state index contributed by atoms with van der Waals surface area (Å²) in [6.07, 6.45) is -0.647. The van der Waals surface area contributed by atoms with E-state index in [9.17, 15) is 14.9 Å². The molecular formula is C19H16N2O4. The Morgan fingerprint density at radius 3 is 2.80 bits per heavy atom. The number of fused-ring (bicyclic) bond motifs is 1. The Labute approximate surface area is 145 Å². The molecule has 0 saturated carbocycles. The second-order valence-corrected chi connectivity index (χ2v) is 5.63. The predicted molar refractivity (Wildman–Crippen MR) is 90.2 cm³/mol. The van der Waals surface area contributed by atoms with Gasteiger partial charge in [-0.2, -0.15) is 5.26 Å². The maximum absolute atomic E-state index is 12.6. The maximum atomic E-state index is 12.6. The number of methoxy groups -OCH3 is 1. The lowest BCUT2D eigenvalue weighted by molar-refractivity contribution is -0.125. The molecule has 0 fully saturated rings. The number of esters is 1. The van der Waals surface area contributed by atoms with Gasteiger partial charge in [0.05, 0.1) is 36.5 Å². The molecule has 0 spiro atoms. The lowest BCUT2D eigenvalue weighted by Crippen LogP contribution is -2.44. The van der Waals surface area contributed by atoms with Crippen LogP contribution in [0.2, 0.25) is 0 Å². The van der Waals surface area contributed by atoms with Gasteiger partial charge in [-0.15, -0.1) is 0 Å². The van der Waals surface area contributed by atoms with Gasteiger partial charge < -0.3 is 14.4 Å². The van der Waals surface area contributed by atoms with Gasteiger partial charge in [0.15, 0.2) is 6.10 Å². The van der Waals surface area contributed by atoms with Gasteiger partial charge in [-0.3, -0.25) is 4.79 Å². The fourth-order valence-corrected chi connectivity index (χ4v) is 2.75. The van der Waals surface area contributed by atoms with Gasteiger partial charge >= 0.3 is 5.97 Å². The van der Waals surface area contributed by atoms with E-state index in [1.54, 1.807) is 43.3 Å². The van der Waals surface area contributed by atoms with Crippen molar-refractivity contribution in [3.05, 3.63) is 59.2 Å². The van der Waals surface area contributed by atoms with Gasteiger partial charge in [0.2, 0.25) is 0 Å². The van der Waals surface area contributed by atoms with E-state index in [1.165, 1.54) is 12.0 Å². The SMILES string of the molecule is COC(=O)c1ccc2c(c1)N(Cc1ccccc1C#N)C(=O)C(C)O2. The summed E-state index contributed by atoms with van der Waals surface area (Å²) in [7, 11) is 1.30. The number of nitrogens with zero attached hydrogens (tertiary/aromatic N) is 2. The molecule has 0 saturated heterocycles. The van der Waals surface area contributed by atoms with Crippen LogP contribution in [0, 0.1) is 11.3 Å². The van der Waals surface area contributed by atoms with Gasteiger partial charge in [-0.05, 0) is 36.8 Å². The zero-order chi connectivity index (χ0) is 18.0. The molecule has 6 nitrogen and oxygen atoms in total. The summed E-state index contributed by atoms with van der Waals surface area (Å²) < 4.78 is 10.4. The average molecular weight is 336 g/mol. The summed E-state index contributed by atoms with van der Waals surface area (Å²) in [4.78, 5) is 26.0. The molecule has 1 unspecified atom stereocenters. The van der Waals surface area contributed by atoms with E-state index in [2.05, 4.69) is 6.07 Å². The summed E-state index contributed by atoms with van der Waals surface area (Å²) in [5, 5.41) is 9.27. The molecule has 0 aliphatic carbocycles. The number of carbonyl (C=O) groups is 2. The molecule has 0 aromatic heterocycles. The van der Waals surface area contributed by atoms with Crippen LogP contribution in [-0.2, 0) is 16.1 Å². The van der Waals surface area contributed by atoms with E-state index in [-0.39, 0.29) is 12.5 Å². The van der Waals surface area contributed by atoms with Crippen LogP contribution >= 0.6 is 0 Å². The topological polar surface area (TPSA) is 79.6 Å². The minimum absolute atomic E-state index is 0.216. The number of rotatable bonds is 3. The van der Waals surface area contributed by atoms with Crippen molar-refractivity contribution < 1.29 is 19.1 Å². The highest BCUT2D eigenvalue weighted by atomic mass is 16.5. The molecule has 3 rings (SSSR count). The first kappa shape index (κ1) is 16.5. The van der Waals surface area contributed by atoms with E-state index in [0.29, 0.717) is 22.6 Å². The van der Waals surface area contributed by atoms with Crippen LogP contribution in [0.5, 0.6) is 5.75 Å². The number of ether oxygens (including phenoxy) is 2. The number of hydrogen-bond acceptors (Lipinski definition) is 5. The second kappa shape index (κ2) is 6.65. The summed E-state index contributed by atoms with van der Waals surface area (Å²) >= 11 is 0. The molecule has 0 radical (unpaired) electrons. The molecule has 1 heterocycles. The first-order valence-corrected chi connectivity index (χ1v) is 7.73. The summed E-state index contributed by atoms with van der Waals surface area (Å²) in [6, 6.07) is 14.0. The number of hydrogen-bond donors (Lipinski definition) is 0. The van der Waals surface area contributed by atoms with Crippen molar-refractivity contribution in [2.24, 2.45) is 0 Å². The molecule has 1 amide bonds. The zero-order valence-corrected chi connectivity index (χ0v) is 13.9. The monoisotopic (exact) mass is 336 g/mol. The van der Waals surface area contributed by atoms with Crippen molar-refractivity contribution in [2.45, 2.75) is 19.6 Å². The molecule has 1 atom stereocenters. The first-order chi connectivity index (χ1) is 12.0. The van der Waals surface area contributed by atoms with Crippen molar-refractivity contribution >= 4 is 17.6 Å². The van der Waals surface area contributed by atoms with E-state index in [1.807, 2.05) is 6.07 Å². The summed E-state index contributed by atoms with van der Waals surface area (Å²) in [5.74, 6) is -0.220. The molecule has 1 aliphatic rings. The van der Waals surface area contributed by atoms with Crippen LogP contribution in [0.3, 0.4) is 0 Å². The van der Waals surface area contributed by atoms with Crippen LogP contribution in [0.4, 0.5) is 5.69 Å². The van der Waals surface area contributed by atoms with Crippen LogP contribution in [0.1, 0.15) is 28.4 Å². The molecule has 126 valence electrons. The van der Waals surface area contributed by atoms with Crippen LogP contribution in [0.15, 0.2) is 42.5 Å². The molecule has 2 aromatic rings. The third kappa shape index (κ3) is 3.04. The molecule has 6 heteroatoms. The van der Waals surface area contributed by atoms with Gasteiger partial charge in [0.25, 0.3) is 5.91 Å². The van der Waals surface area contributed by atoms with Gasteiger partial charge in [-0.1, -0.05) is 18.2 Å². The largest absolute Gasteiger partial charge is 0.479 e. The minimum Gasteiger partial charge on any atom is -0.479 e. The van der Waals surface area contributed by atoms with Gasteiger partial charge in [0.1, 0.15) is 5.75 Å². The lowest BCUT2D eigenvalue weighted by Gasteiger charge is -2.33. The molecule has 0 N–H and O–H groups in total. The fourth-order valence-electron chi connectivity index (χ4n) is 2.75. The number of amides is 1. The quantitative estimate of drug-likeness (QED) is 0.805. The maximum Gasteiger partial charge on any atom is 0.337 e. The third-order valence-corrected chi connectivity index (χ3v) is 4.05. The Morgan fingerprint density at radius 1 is 1.32 bits per heavy atom. The number of carbonyl (C=O) groups excluding carboxylic acids is 2. The first-order valence-electron chi connectivity index (χ1n) is 7.73. The lowest BCUT2D eigenvalue weighted by atomic mass is 10.1. The van der Waals surface area contributed by atoms with Gasteiger partial charge in [0, 0.05) is 0 Å². The second-order valence-electron chi connectivity index (χ2n) is 5.63. The van der Waals surface area contributed by atoms with Crippen molar-refractivity contribution in [2.75, 3.05) is 12.0 Å². The van der Waals surface area contributed by atoms with E-state index >= 15 is 0 Å². The molecule has 1 aliphatic heterocycles.